The molecule has 8 heteroatoms. The molecule has 2 rings (SSSR count). The fourth-order valence-electron chi connectivity index (χ4n) is 1.69. The van der Waals surface area contributed by atoms with E-state index in [-0.39, 0.29) is 0 Å². The molecule has 0 atom stereocenters. The first-order chi connectivity index (χ1) is 9.43. The van der Waals surface area contributed by atoms with Crippen LogP contribution in [0.5, 0.6) is 0 Å². The van der Waals surface area contributed by atoms with E-state index in [0.29, 0.717) is 17.2 Å². The van der Waals surface area contributed by atoms with Crippen molar-refractivity contribution in [3.63, 3.8) is 0 Å². The van der Waals surface area contributed by atoms with Gasteiger partial charge in [0, 0.05) is 18.3 Å². The lowest BCUT2D eigenvalue weighted by molar-refractivity contribution is -0.141. The van der Waals surface area contributed by atoms with Crippen molar-refractivity contribution in [3.05, 3.63) is 29.8 Å². The molecule has 0 fully saturated rings. The Balaban J connectivity index is 2.35. The van der Waals surface area contributed by atoms with E-state index in [2.05, 4.69) is 20.4 Å². The van der Waals surface area contributed by atoms with E-state index in [1.165, 1.54) is 12.5 Å². The molecule has 1 N–H and O–H groups in total. The lowest BCUT2D eigenvalue weighted by Gasteiger charge is -2.10. The molecule has 0 amide bonds. The van der Waals surface area contributed by atoms with Crippen LogP contribution in [0.2, 0.25) is 0 Å². The lowest BCUT2D eigenvalue weighted by atomic mass is 10.3. The van der Waals surface area contributed by atoms with Crippen LogP contribution in [0.4, 0.5) is 19.0 Å². The van der Waals surface area contributed by atoms with Crippen molar-refractivity contribution >= 4 is 5.82 Å². The third-order valence-electron chi connectivity index (χ3n) is 2.70. The molecule has 0 aromatic carbocycles. The van der Waals surface area contributed by atoms with Crippen molar-refractivity contribution in [2.75, 3.05) is 11.9 Å². The van der Waals surface area contributed by atoms with E-state index < -0.39 is 11.9 Å². The number of halogens is 3. The highest BCUT2D eigenvalue weighted by Gasteiger charge is 2.33. The molecule has 108 valence electrons. The van der Waals surface area contributed by atoms with Gasteiger partial charge in [-0.25, -0.2) is 14.6 Å². The summed E-state index contributed by atoms with van der Waals surface area (Å²) in [5.41, 5.74) is -0.295. The van der Waals surface area contributed by atoms with Crippen LogP contribution in [0.25, 0.3) is 5.82 Å². The molecule has 0 aliphatic heterocycles. The van der Waals surface area contributed by atoms with Crippen LogP contribution in [-0.2, 0) is 6.18 Å². The van der Waals surface area contributed by atoms with Crippen LogP contribution in [0, 0.1) is 6.92 Å². The van der Waals surface area contributed by atoms with E-state index in [1.54, 1.807) is 6.92 Å². The van der Waals surface area contributed by atoms with Crippen molar-refractivity contribution in [1.82, 2.24) is 19.7 Å². The fraction of sp³-hybridized carbons (Fsp3) is 0.417. The Bertz CT molecular complexity index is 591. The third-order valence-corrected chi connectivity index (χ3v) is 2.70. The predicted molar refractivity (Wildman–Crippen MR) is 67.7 cm³/mol. The van der Waals surface area contributed by atoms with Crippen LogP contribution in [0.1, 0.15) is 24.6 Å². The maximum Gasteiger partial charge on any atom is 0.435 e. The molecule has 0 radical (unpaired) electrons. The number of nitrogens with one attached hydrogen (secondary N) is 1. The van der Waals surface area contributed by atoms with Crippen molar-refractivity contribution in [2.45, 2.75) is 26.4 Å². The number of aromatic nitrogens is 4. The molecule has 0 aliphatic rings. The maximum atomic E-state index is 12.5. The van der Waals surface area contributed by atoms with E-state index in [1.807, 2.05) is 6.92 Å². The lowest BCUT2D eigenvalue weighted by Crippen LogP contribution is -2.11. The summed E-state index contributed by atoms with van der Waals surface area (Å²) in [5.74, 6) is 0.926. The molecule has 20 heavy (non-hydrogen) atoms. The third kappa shape index (κ3) is 2.89. The summed E-state index contributed by atoms with van der Waals surface area (Å²) in [4.78, 5) is 8.07. The van der Waals surface area contributed by atoms with Gasteiger partial charge in [-0.1, -0.05) is 6.92 Å². The van der Waals surface area contributed by atoms with Gasteiger partial charge in [0.25, 0.3) is 0 Å². The number of alkyl halides is 3. The molecular weight excluding hydrogens is 271 g/mol. The van der Waals surface area contributed by atoms with Gasteiger partial charge in [-0.2, -0.15) is 18.3 Å². The molecule has 0 bridgehead atoms. The van der Waals surface area contributed by atoms with Gasteiger partial charge < -0.3 is 5.32 Å². The monoisotopic (exact) mass is 285 g/mol. The SMILES string of the molecule is CCCNc1ncnc(-n2ccc(C(F)(F)F)n2)c1C. The number of nitrogens with zero attached hydrogens (tertiary/aromatic N) is 4. The second kappa shape index (κ2) is 5.48. The Morgan fingerprint density at radius 1 is 1.30 bits per heavy atom. The molecule has 0 spiro atoms. The first kappa shape index (κ1) is 14.3. The van der Waals surface area contributed by atoms with Crippen LogP contribution >= 0.6 is 0 Å². The highest BCUT2D eigenvalue weighted by atomic mass is 19.4. The van der Waals surface area contributed by atoms with E-state index >= 15 is 0 Å². The first-order valence-electron chi connectivity index (χ1n) is 6.12. The zero-order valence-corrected chi connectivity index (χ0v) is 11.1. The van der Waals surface area contributed by atoms with Crippen LogP contribution < -0.4 is 5.32 Å². The molecule has 0 saturated carbocycles. The van der Waals surface area contributed by atoms with E-state index in [4.69, 9.17) is 0 Å². The Hall–Kier alpha value is -2.12. The molecule has 2 aromatic rings. The van der Waals surface area contributed by atoms with E-state index in [0.717, 1.165) is 23.7 Å². The Labute approximate surface area is 113 Å². The second-order valence-corrected chi connectivity index (χ2v) is 4.24. The summed E-state index contributed by atoms with van der Waals surface area (Å²) in [5, 5.41) is 6.60. The number of hydrogen-bond donors (Lipinski definition) is 1. The minimum Gasteiger partial charge on any atom is -0.370 e. The number of hydrogen-bond acceptors (Lipinski definition) is 4. The van der Waals surface area contributed by atoms with Gasteiger partial charge in [0.2, 0.25) is 0 Å². The fourth-order valence-corrected chi connectivity index (χ4v) is 1.69. The van der Waals surface area contributed by atoms with Crippen molar-refractivity contribution in [2.24, 2.45) is 0 Å². The standard InChI is InChI=1S/C12H14F3N5/c1-3-5-16-10-8(2)11(18-7-17-10)20-6-4-9(19-20)12(13,14)15/h4,6-7H,3,5H2,1-2H3,(H,16,17,18). The molecular formula is C12H14F3N5. The van der Waals surface area contributed by atoms with Crippen molar-refractivity contribution in [3.8, 4) is 5.82 Å². The van der Waals surface area contributed by atoms with E-state index in [9.17, 15) is 13.2 Å². The average molecular weight is 285 g/mol. The quantitative estimate of drug-likeness (QED) is 0.938. The Morgan fingerprint density at radius 2 is 2.05 bits per heavy atom. The van der Waals surface area contributed by atoms with Gasteiger partial charge in [0.05, 0.1) is 0 Å². The molecule has 0 unspecified atom stereocenters. The number of rotatable bonds is 4. The first-order valence-corrected chi connectivity index (χ1v) is 6.12. The van der Waals surface area contributed by atoms with Crippen LogP contribution in [0.3, 0.4) is 0 Å². The van der Waals surface area contributed by atoms with Gasteiger partial charge >= 0.3 is 6.18 Å². The van der Waals surface area contributed by atoms with Gasteiger partial charge in [-0.05, 0) is 19.4 Å². The number of anilines is 1. The van der Waals surface area contributed by atoms with Gasteiger partial charge in [0.1, 0.15) is 12.1 Å². The summed E-state index contributed by atoms with van der Waals surface area (Å²) < 4.78 is 38.7. The molecule has 5 nitrogen and oxygen atoms in total. The largest absolute Gasteiger partial charge is 0.435 e. The summed E-state index contributed by atoms with van der Waals surface area (Å²) in [6.07, 6.45) is -1.01. The van der Waals surface area contributed by atoms with Crippen LogP contribution in [0.15, 0.2) is 18.6 Å². The zero-order valence-electron chi connectivity index (χ0n) is 11.1. The molecule has 2 heterocycles. The average Bonchev–Trinajstić information content (AvgIpc) is 2.87. The van der Waals surface area contributed by atoms with Crippen LogP contribution in [-0.4, -0.2) is 26.3 Å². The summed E-state index contributed by atoms with van der Waals surface area (Å²) in [6, 6.07) is 0.917. The minimum absolute atomic E-state index is 0.328. The smallest absolute Gasteiger partial charge is 0.370 e. The predicted octanol–water partition coefficient (Wildman–Crippen LogP) is 2.81. The Kier molecular flexibility index (Phi) is 3.91. The highest BCUT2D eigenvalue weighted by Crippen LogP contribution is 2.28. The Morgan fingerprint density at radius 3 is 2.65 bits per heavy atom. The van der Waals surface area contributed by atoms with Gasteiger partial charge in [-0.3, -0.25) is 0 Å². The summed E-state index contributed by atoms with van der Waals surface area (Å²) in [7, 11) is 0. The summed E-state index contributed by atoms with van der Waals surface area (Å²) in [6.45, 7) is 4.47. The van der Waals surface area contributed by atoms with Crippen molar-refractivity contribution < 1.29 is 13.2 Å². The highest BCUT2D eigenvalue weighted by molar-refractivity contribution is 5.50. The molecule has 0 aliphatic carbocycles. The topological polar surface area (TPSA) is 55.6 Å². The minimum atomic E-state index is -4.46. The van der Waals surface area contributed by atoms with Gasteiger partial charge in [0.15, 0.2) is 11.5 Å². The molecule has 2 aromatic heterocycles. The van der Waals surface area contributed by atoms with Crippen molar-refractivity contribution in [1.29, 1.82) is 0 Å². The van der Waals surface area contributed by atoms with Gasteiger partial charge in [-0.15, -0.1) is 0 Å². The zero-order chi connectivity index (χ0) is 14.8. The summed E-state index contributed by atoms with van der Waals surface area (Å²) >= 11 is 0. The normalized spacial score (nSPS) is 11.7. The second-order valence-electron chi connectivity index (χ2n) is 4.24. The molecule has 0 saturated heterocycles. The maximum absolute atomic E-state index is 12.5.